The van der Waals surface area contributed by atoms with Gasteiger partial charge in [0.15, 0.2) is 6.10 Å². The number of hydrogen-bond donors (Lipinski definition) is 2. The average Bonchev–Trinajstić information content (AvgIpc) is 3.08. The Labute approximate surface area is 304 Å². The zero-order valence-corrected chi connectivity index (χ0v) is 32.2. The van der Waals surface area contributed by atoms with E-state index >= 15 is 0 Å². The second-order valence-electron chi connectivity index (χ2n) is 12.5. The van der Waals surface area contributed by atoms with E-state index in [0.717, 1.165) is 89.9 Å². The van der Waals surface area contributed by atoms with E-state index in [9.17, 15) is 14.2 Å². The molecule has 286 valence electrons. The summed E-state index contributed by atoms with van der Waals surface area (Å²) in [5.74, 6) is -0.937. The third-order valence-electron chi connectivity index (χ3n) is 7.71. The van der Waals surface area contributed by atoms with E-state index in [1.807, 2.05) is 0 Å². The highest BCUT2D eigenvalue weighted by atomic mass is 31.2. The summed E-state index contributed by atoms with van der Waals surface area (Å²) in [6, 6.07) is 0. The first-order valence-electron chi connectivity index (χ1n) is 19.2. The number of carbonyl (C=O) groups excluding carboxylic acids is 2. The van der Waals surface area contributed by atoms with Crippen LogP contribution in [0.15, 0.2) is 72.9 Å². The standard InChI is InChI=1S/C41H69O8P/c1-3-5-7-9-11-13-15-17-19-20-22-24-26-28-30-32-34-36-41(43)49-39(38-48-50(44,45)46)37-47-40(42)35-33-31-29-27-25-23-21-18-16-14-12-10-8-6-4-2/h6,8,11-14,17-19,21-22,24,39H,3-5,7,9-10,15-16,20,23,25-38H2,1-2H3,(H2,44,45,46)/b8-6+,13-11+,14-12+,19-17+,21-18+,24-22+/t39-/m1/s1. The first kappa shape index (κ1) is 47.5. The zero-order chi connectivity index (χ0) is 36.8. The summed E-state index contributed by atoms with van der Waals surface area (Å²) in [5, 5.41) is 0. The molecule has 0 bridgehead atoms. The molecule has 0 aromatic heterocycles. The van der Waals surface area contributed by atoms with Gasteiger partial charge in [0.2, 0.25) is 0 Å². The number of phosphoric acid groups is 1. The van der Waals surface area contributed by atoms with Crippen LogP contribution in [0.3, 0.4) is 0 Å². The lowest BCUT2D eigenvalue weighted by Crippen LogP contribution is -2.29. The molecule has 0 aromatic carbocycles. The summed E-state index contributed by atoms with van der Waals surface area (Å²) in [7, 11) is -4.77. The van der Waals surface area contributed by atoms with Gasteiger partial charge in [-0.05, 0) is 83.5 Å². The van der Waals surface area contributed by atoms with Gasteiger partial charge in [0.25, 0.3) is 0 Å². The van der Waals surface area contributed by atoms with Crippen LogP contribution in [0.25, 0.3) is 0 Å². The molecule has 0 heterocycles. The summed E-state index contributed by atoms with van der Waals surface area (Å²) in [6.07, 6.45) is 46.2. The van der Waals surface area contributed by atoms with E-state index in [1.165, 1.54) is 25.7 Å². The van der Waals surface area contributed by atoms with Crippen LogP contribution in [-0.2, 0) is 28.2 Å². The van der Waals surface area contributed by atoms with E-state index in [1.54, 1.807) is 0 Å². The van der Waals surface area contributed by atoms with Crippen LogP contribution >= 0.6 is 7.82 Å². The van der Waals surface area contributed by atoms with Gasteiger partial charge in [0, 0.05) is 12.8 Å². The van der Waals surface area contributed by atoms with Gasteiger partial charge in [-0.15, -0.1) is 0 Å². The second kappa shape index (κ2) is 36.3. The monoisotopic (exact) mass is 720 g/mol. The van der Waals surface area contributed by atoms with Crippen LogP contribution in [0.4, 0.5) is 0 Å². The molecule has 0 amide bonds. The molecule has 50 heavy (non-hydrogen) atoms. The number of carbonyl (C=O) groups is 2. The smallest absolute Gasteiger partial charge is 0.462 e. The highest BCUT2D eigenvalue weighted by Crippen LogP contribution is 2.36. The quantitative estimate of drug-likeness (QED) is 0.0292. The molecule has 1 atom stereocenters. The van der Waals surface area contributed by atoms with Crippen molar-refractivity contribution in [1.29, 1.82) is 0 Å². The Morgan fingerprint density at radius 3 is 1.44 bits per heavy atom. The summed E-state index contributed by atoms with van der Waals surface area (Å²) >= 11 is 0. The molecule has 0 aliphatic heterocycles. The lowest BCUT2D eigenvalue weighted by Gasteiger charge is -2.18. The predicted octanol–water partition coefficient (Wildman–Crippen LogP) is 11.5. The summed E-state index contributed by atoms with van der Waals surface area (Å²) in [6.45, 7) is 3.49. The van der Waals surface area contributed by atoms with E-state index in [4.69, 9.17) is 19.3 Å². The Kier molecular flexibility index (Phi) is 34.5. The fraction of sp³-hybridized carbons (Fsp3) is 0.659. The molecular formula is C41H69O8P. The maximum absolute atomic E-state index is 12.4. The third-order valence-corrected chi connectivity index (χ3v) is 8.19. The van der Waals surface area contributed by atoms with Crippen LogP contribution in [0.2, 0.25) is 0 Å². The van der Waals surface area contributed by atoms with E-state index in [0.29, 0.717) is 12.8 Å². The molecule has 2 N–H and O–H groups in total. The first-order valence-corrected chi connectivity index (χ1v) is 20.8. The van der Waals surface area contributed by atoms with Gasteiger partial charge >= 0.3 is 19.8 Å². The zero-order valence-electron chi connectivity index (χ0n) is 31.3. The lowest BCUT2D eigenvalue weighted by molar-refractivity contribution is -0.161. The van der Waals surface area contributed by atoms with Gasteiger partial charge in [-0.3, -0.25) is 14.1 Å². The second-order valence-corrected chi connectivity index (χ2v) is 13.8. The summed E-state index contributed by atoms with van der Waals surface area (Å²) in [5.41, 5.74) is 0. The van der Waals surface area contributed by atoms with Crippen molar-refractivity contribution in [2.45, 2.75) is 161 Å². The molecular weight excluding hydrogens is 651 g/mol. The number of hydrogen-bond acceptors (Lipinski definition) is 6. The van der Waals surface area contributed by atoms with E-state index < -0.39 is 32.5 Å². The minimum absolute atomic E-state index is 0.178. The SMILES string of the molecule is CC/C=C/C/C=C/C/C=C/CCCCCCCC(=O)OC[C@H](COP(=O)(O)O)OC(=O)CCCCCC/C=C/C/C=C/C/C=C/CCCCC. The summed E-state index contributed by atoms with van der Waals surface area (Å²) < 4.78 is 26.3. The highest BCUT2D eigenvalue weighted by Gasteiger charge is 2.22. The fourth-order valence-electron chi connectivity index (χ4n) is 4.86. The maximum atomic E-state index is 12.4. The van der Waals surface area contributed by atoms with E-state index in [-0.39, 0.29) is 19.4 Å². The molecule has 0 saturated carbocycles. The Morgan fingerprint density at radius 2 is 0.960 bits per heavy atom. The number of esters is 2. The molecule has 0 spiro atoms. The topological polar surface area (TPSA) is 119 Å². The van der Waals surface area contributed by atoms with Crippen LogP contribution in [0.1, 0.15) is 155 Å². The van der Waals surface area contributed by atoms with Gasteiger partial charge in [0.1, 0.15) is 6.61 Å². The number of rotatable bonds is 34. The normalized spacial score (nSPS) is 13.3. The van der Waals surface area contributed by atoms with Gasteiger partial charge in [-0.25, -0.2) is 4.57 Å². The molecule has 0 radical (unpaired) electrons. The Balaban J connectivity index is 4.05. The molecule has 0 aliphatic carbocycles. The van der Waals surface area contributed by atoms with Crippen molar-refractivity contribution < 1.29 is 37.9 Å². The largest absolute Gasteiger partial charge is 0.469 e. The van der Waals surface area contributed by atoms with Gasteiger partial charge in [-0.2, -0.15) is 0 Å². The fourth-order valence-corrected chi connectivity index (χ4v) is 5.22. The van der Waals surface area contributed by atoms with Crippen molar-refractivity contribution in [3.8, 4) is 0 Å². The first-order chi connectivity index (χ1) is 24.3. The number of unbranched alkanes of at least 4 members (excludes halogenated alkanes) is 12. The Hall–Kier alpha value is -2.51. The van der Waals surface area contributed by atoms with Crippen molar-refractivity contribution in [2.75, 3.05) is 13.2 Å². The molecule has 0 unspecified atom stereocenters. The number of allylic oxidation sites excluding steroid dienone is 12. The molecule has 8 nitrogen and oxygen atoms in total. The lowest BCUT2D eigenvalue weighted by atomic mass is 10.1. The summed E-state index contributed by atoms with van der Waals surface area (Å²) in [4.78, 5) is 42.7. The Morgan fingerprint density at radius 1 is 0.540 bits per heavy atom. The van der Waals surface area contributed by atoms with Gasteiger partial charge in [0.05, 0.1) is 6.61 Å². The van der Waals surface area contributed by atoms with Crippen molar-refractivity contribution in [3.63, 3.8) is 0 Å². The molecule has 0 rings (SSSR count). The van der Waals surface area contributed by atoms with Gasteiger partial charge in [-0.1, -0.05) is 132 Å². The molecule has 0 aliphatic rings. The van der Waals surface area contributed by atoms with Crippen molar-refractivity contribution in [1.82, 2.24) is 0 Å². The van der Waals surface area contributed by atoms with Gasteiger partial charge < -0.3 is 19.3 Å². The number of phosphoric ester groups is 1. The van der Waals surface area contributed by atoms with Crippen molar-refractivity contribution in [2.24, 2.45) is 0 Å². The molecule has 0 aromatic rings. The van der Waals surface area contributed by atoms with Crippen molar-refractivity contribution >= 4 is 19.8 Å². The van der Waals surface area contributed by atoms with Crippen LogP contribution in [0.5, 0.6) is 0 Å². The predicted molar refractivity (Wildman–Crippen MR) is 207 cm³/mol. The van der Waals surface area contributed by atoms with Crippen LogP contribution in [0, 0.1) is 0 Å². The number of ether oxygens (including phenoxy) is 2. The molecule has 9 heteroatoms. The molecule has 0 saturated heterocycles. The van der Waals surface area contributed by atoms with Crippen LogP contribution in [-0.4, -0.2) is 41.0 Å². The molecule has 0 fully saturated rings. The van der Waals surface area contributed by atoms with E-state index in [2.05, 4.69) is 91.3 Å². The average molecular weight is 721 g/mol. The Bertz CT molecular complexity index is 1040. The minimum Gasteiger partial charge on any atom is -0.462 e. The minimum atomic E-state index is -4.77. The van der Waals surface area contributed by atoms with Crippen LogP contribution < -0.4 is 0 Å². The van der Waals surface area contributed by atoms with Crippen molar-refractivity contribution in [3.05, 3.63) is 72.9 Å². The maximum Gasteiger partial charge on any atom is 0.469 e. The third kappa shape index (κ3) is 38.3. The highest BCUT2D eigenvalue weighted by molar-refractivity contribution is 7.46.